The molecule has 1 amide bonds. The standard InChI is InChI=1S/C15H18N4O2/c1-4-16-13-7-10(2)17-9-12(13)15(20)19-11-5-6-14(21-3)18-8-11/h5-9H,4H2,1-3H3,(H,16,17)(H,19,20). The van der Waals surface area contributed by atoms with Gasteiger partial charge in [0.1, 0.15) is 0 Å². The van der Waals surface area contributed by atoms with E-state index in [2.05, 4.69) is 20.6 Å². The lowest BCUT2D eigenvalue weighted by molar-refractivity contribution is 0.102. The quantitative estimate of drug-likeness (QED) is 0.883. The average molecular weight is 286 g/mol. The van der Waals surface area contributed by atoms with Crippen molar-refractivity contribution in [2.45, 2.75) is 13.8 Å². The molecule has 0 aromatic carbocycles. The molecule has 0 saturated carbocycles. The first-order valence-corrected chi connectivity index (χ1v) is 6.66. The Labute approximate surface area is 123 Å². The predicted molar refractivity (Wildman–Crippen MR) is 81.9 cm³/mol. The molecule has 0 fully saturated rings. The number of rotatable bonds is 5. The number of carbonyl (C=O) groups excluding carboxylic acids is 1. The van der Waals surface area contributed by atoms with Gasteiger partial charge in [-0.25, -0.2) is 4.98 Å². The van der Waals surface area contributed by atoms with E-state index in [-0.39, 0.29) is 5.91 Å². The Bertz CT molecular complexity index is 626. The van der Waals surface area contributed by atoms with Crippen LogP contribution in [0.25, 0.3) is 0 Å². The number of carbonyl (C=O) groups is 1. The van der Waals surface area contributed by atoms with Crippen molar-refractivity contribution in [3.63, 3.8) is 0 Å². The molecule has 0 radical (unpaired) electrons. The fourth-order valence-corrected chi connectivity index (χ4v) is 1.85. The van der Waals surface area contributed by atoms with Crippen LogP contribution in [-0.4, -0.2) is 29.5 Å². The molecule has 110 valence electrons. The van der Waals surface area contributed by atoms with E-state index in [1.165, 1.54) is 0 Å². The highest BCUT2D eigenvalue weighted by atomic mass is 16.5. The summed E-state index contributed by atoms with van der Waals surface area (Å²) in [6.07, 6.45) is 3.12. The molecule has 0 aliphatic rings. The van der Waals surface area contributed by atoms with Gasteiger partial charge in [-0.1, -0.05) is 0 Å². The zero-order valence-corrected chi connectivity index (χ0v) is 12.3. The zero-order chi connectivity index (χ0) is 15.2. The van der Waals surface area contributed by atoms with Crippen molar-refractivity contribution in [2.75, 3.05) is 24.3 Å². The minimum absolute atomic E-state index is 0.231. The number of methoxy groups -OCH3 is 1. The van der Waals surface area contributed by atoms with Crippen molar-refractivity contribution < 1.29 is 9.53 Å². The SMILES string of the molecule is CCNc1cc(C)ncc1C(=O)Nc1ccc(OC)nc1. The summed E-state index contributed by atoms with van der Waals surface area (Å²) in [5, 5.41) is 5.96. The van der Waals surface area contributed by atoms with Crippen molar-refractivity contribution in [2.24, 2.45) is 0 Å². The second-order valence-corrected chi connectivity index (χ2v) is 4.44. The molecule has 0 bridgehead atoms. The van der Waals surface area contributed by atoms with E-state index in [0.29, 0.717) is 17.1 Å². The van der Waals surface area contributed by atoms with Crippen LogP contribution in [0, 0.1) is 6.92 Å². The number of pyridine rings is 2. The van der Waals surface area contributed by atoms with Crippen LogP contribution in [0.15, 0.2) is 30.6 Å². The summed E-state index contributed by atoms with van der Waals surface area (Å²) in [5.74, 6) is 0.267. The third kappa shape index (κ3) is 3.68. The molecule has 6 heteroatoms. The van der Waals surface area contributed by atoms with Crippen LogP contribution < -0.4 is 15.4 Å². The third-order valence-corrected chi connectivity index (χ3v) is 2.86. The van der Waals surface area contributed by atoms with Gasteiger partial charge < -0.3 is 15.4 Å². The topological polar surface area (TPSA) is 76.1 Å². The Morgan fingerprint density at radius 2 is 2.10 bits per heavy atom. The maximum Gasteiger partial charge on any atom is 0.259 e. The Kier molecular flexibility index (Phi) is 4.71. The number of nitrogens with one attached hydrogen (secondary N) is 2. The second-order valence-electron chi connectivity index (χ2n) is 4.44. The third-order valence-electron chi connectivity index (χ3n) is 2.86. The number of nitrogens with zero attached hydrogens (tertiary/aromatic N) is 2. The Morgan fingerprint density at radius 1 is 1.29 bits per heavy atom. The highest BCUT2D eigenvalue weighted by molar-refractivity contribution is 6.07. The Morgan fingerprint density at radius 3 is 2.71 bits per heavy atom. The lowest BCUT2D eigenvalue weighted by atomic mass is 10.2. The smallest absolute Gasteiger partial charge is 0.259 e. The molecule has 2 heterocycles. The van der Waals surface area contributed by atoms with Gasteiger partial charge in [0.15, 0.2) is 0 Å². The first kappa shape index (κ1) is 14.8. The lowest BCUT2D eigenvalue weighted by Crippen LogP contribution is -2.15. The van der Waals surface area contributed by atoms with Crippen molar-refractivity contribution in [1.29, 1.82) is 0 Å². The van der Waals surface area contributed by atoms with Gasteiger partial charge in [0.05, 0.1) is 30.2 Å². The molecule has 6 nitrogen and oxygen atoms in total. The van der Waals surface area contributed by atoms with Crippen molar-refractivity contribution in [3.8, 4) is 5.88 Å². The van der Waals surface area contributed by atoms with E-state index in [4.69, 9.17) is 4.74 Å². The maximum absolute atomic E-state index is 12.3. The highest BCUT2D eigenvalue weighted by Gasteiger charge is 2.12. The molecule has 2 N–H and O–H groups in total. The summed E-state index contributed by atoms with van der Waals surface area (Å²) in [6, 6.07) is 5.27. The van der Waals surface area contributed by atoms with Gasteiger partial charge in [-0.2, -0.15) is 0 Å². The van der Waals surface area contributed by atoms with Gasteiger partial charge in [-0.15, -0.1) is 0 Å². The van der Waals surface area contributed by atoms with E-state index in [9.17, 15) is 4.79 Å². The fourth-order valence-electron chi connectivity index (χ4n) is 1.85. The monoisotopic (exact) mass is 286 g/mol. The molecule has 0 aliphatic carbocycles. The number of anilines is 2. The van der Waals surface area contributed by atoms with Crippen LogP contribution in [0.3, 0.4) is 0 Å². The van der Waals surface area contributed by atoms with Gasteiger partial charge in [0, 0.05) is 24.5 Å². The largest absolute Gasteiger partial charge is 0.481 e. The van der Waals surface area contributed by atoms with Crippen molar-refractivity contribution in [1.82, 2.24) is 9.97 Å². The fraction of sp³-hybridized carbons (Fsp3) is 0.267. The second kappa shape index (κ2) is 6.69. The molecular formula is C15H18N4O2. The number of hydrogen-bond donors (Lipinski definition) is 2. The molecule has 0 saturated heterocycles. The first-order chi connectivity index (χ1) is 10.1. The van der Waals surface area contributed by atoms with E-state index in [1.54, 1.807) is 31.6 Å². The molecule has 21 heavy (non-hydrogen) atoms. The van der Waals surface area contributed by atoms with Crippen molar-refractivity contribution in [3.05, 3.63) is 41.9 Å². The zero-order valence-electron chi connectivity index (χ0n) is 12.3. The van der Waals surface area contributed by atoms with E-state index in [0.717, 1.165) is 17.9 Å². The van der Waals surface area contributed by atoms with Crippen LogP contribution in [-0.2, 0) is 0 Å². The maximum atomic E-state index is 12.3. The molecular weight excluding hydrogens is 268 g/mol. The lowest BCUT2D eigenvalue weighted by Gasteiger charge is -2.11. The van der Waals surface area contributed by atoms with Gasteiger partial charge in [-0.3, -0.25) is 9.78 Å². The highest BCUT2D eigenvalue weighted by Crippen LogP contribution is 2.18. The minimum Gasteiger partial charge on any atom is -0.481 e. The van der Waals surface area contributed by atoms with Crippen LogP contribution >= 0.6 is 0 Å². The summed E-state index contributed by atoms with van der Waals surface area (Å²) in [6.45, 7) is 4.59. The molecule has 0 spiro atoms. The van der Waals surface area contributed by atoms with Crippen LogP contribution in [0.5, 0.6) is 5.88 Å². The summed E-state index contributed by atoms with van der Waals surface area (Å²) >= 11 is 0. The van der Waals surface area contributed by atoms with Crippen molar-refractivity contribution >= 4 is 17.3 Å². The Balaban J connectivity index is 2.19. The average Bonchev–Trinajstić information content (AvgIpc) is 2.48. The number of aryl methyl sites for hydroxylation is 1. The van der Waals surface area contributed by atoms with Crippen LogP contribution in [0.1, 0.15) is 23.0 Å². The van der Waals surface area contributed by atoms with Crippen LogP contribution in [0.4, 0.5) is 11.4 Å². The molecule has 0 aliphatic heterocycles. The molecule has 0 atom stereocenters. The molecule has 2 aromatic heterocycles. The number of hydrogen-bond acceptors (Lipinski definition) is 5. The summed E-state index contributed by atoms with van der Waals surface area (Å²) < 4.78 is 4.98. The molecule has 2 aromatic rings. The van der Waals surface area contributed by atoms with Gasteiger partial charge in [-0.05, 0) is 26.0 Å². The van der Waals surface area contributed by atoms with Crippen LogP contribution in [0.2, 0.25) is 0 Å². The van der Waals surface area contributed by atoms with Gasteiger partial charge in [0.25, 0.3) is 5.91 Å². The normalized spacial score (nSPS) is 10.0. The van der Waals surface area contributed by atoms with Gasteiger partial charge in [0.2, 0.25) is 5.88 Å². The Hall–Kier alpha value is -2.63. The molecule has 2 rings (SSSR count). The minimum atomic E-state index is -0.231. The first-order valence-electron chi connectivity index (χ1n) is 6.66. The number of aromatic nitrogens is 2. The summed E-state index contributed by atoms with van der Waals surface area (Å²) in [5.41, 5.74) is 2.72. The summed E-state index contributed by atoms with van der Waals surface area (Å²) in [7, 11) is 1.54. The predicted octanol–water partition coefficient (Wildman–Crippen LogP) is 2.48. The van der Waals surface area contributed by atoms with E-state index < -0.39 is 0 Å². The number of ether oxygens (including phenoxy) is 1. The van der Waals surface area contributed by atoms with E-state index >= 15 is 0 Å². The van der Waals surface area contributed by atoms with Gasteiger partial charge >= 0.3 is 0 Å². The number of amides is 1. The van der Waals surface area contributed by atoms with E-state index in [1.807, 2.05) is 19.9 Å². The molecule has 0 unspecified atom stereocenters. The summed E-state index contributed by atoms with van der Waals surface area (Å²) in [4.78, 5) is 20.5.